The van der Waals surface area contributed by atoms with E-state index >= 15 is 0 Å². The van der Waals surface area contributed by atoms with E-state index in [0.29, 0.717) is 6.61 Å². The number of terminal acetylenes is 1. The fourth-order valence-electron chi connectivity index (χ4n) is 1.78. The Labute approximate surface area is 89.3 Å². The van der Waals surface area contributed by atoms with Gasteiger partial charge in [-0.25, -0.2) is 0 Å². The topological polar surface area (TPSA) is 26.3 Å². The highest BCUT2D eigenvalue weighted by Crippen LogP contribution is 2.27. The van der Waals surface area contributed by atoms with Crippen LogP contribution in [0.4, 0.5) is 0 Å². The highest BCUT2D eigenvalue weighted by atomic mass is 16.5. The summed E-state index contributed by atoms with van der Waals surface area (Å²) in [6.07, 6.45) is 6.07. The predicted molar refractivity (Wildman–Crippen MR) is 57.6 cm³/mol. The Bertz CT molecular complexity index is 415. The molecule has 0 N–H and O–H groups in total. The number of hydrogen-bond acceptors (Lipinski definition) is 2. The Hall–Kier alpha value is -1.75. The first kappa shape index (κ1) is 9.79. The molecule has 1 aromatic carbocycles. The fraction of sp³-hybridized carbons (Fsp3) is 0.308. The minimum absolute atomic E-state index is 0.0732. The highest BCUT2D eigenvalue weighted by molar-refractivity contribution is 5.83. The molecule has 1 atom stereocenters. The van der Waals surface area contributed by atoms with Gasteiger partial charge in [-0.05, 0) is 18.1 Å². The van der Waals surface area contributed by atoms with Gasteiger partial charge in [-0.15, -0.1) is 6.42 Å². The lowest BCUT2D eigenvalue weighted by Crippen LogP contribution is -2.27. The largest absolute Gasteiger partial charge is 0.493 e. The molecule has 0 saturated heterocycles. The van der Waals surface area contributed by atoms with Gasteiger partial charge < -0.3 is 4.74 Å². The minimum Gasteiger partial charge on any atom is -0.493 e. The van der Waals surface area contributed by atoms with Gasteiger partial charge in [-0.2, -0.15) is 0 Å². The average molecular weight is 200 g/mol. The minimum atomic E-state index is -0.0732. The van der Waals surface area contributed by atoms with Gasteiger partial charge in [-0.3, -0.25) is 4.79 Å². The van der Waals surface area contributed by atoms with Crippen molar-refractivity contribution < 1.29 is 9.53 Å². The Balaban J connectivity index is 2.12. The van der Waals surface area contributed by atoms with Crippen molar-refractivity contribution in [3.63, 3.8) is 0 Å². The number of rotatable bonds is 2. The number of hydrogen-bond donors (Lipinski definition) is 0. The quantitative estimate of drug-likeness (QED) is 0.681. The number of benzene rings is 1. The molecule has 0 aromatic heterocycles. The van der Waals surface area contributed by atoms with E-state index in [1.54, 1.807) is 0 Å². The smallest absolute Gasteiger partial charge is 0.151 e. The molecule has 1 aliphatic heterocycles. The van der Waals surface area contributed by atoms with Crippen molar-refractivity contribution in [3.8, 4) is 18.1 Å². The Morgan fingerprint density at radius 2 is 2.33 bits per heavy atom. The fourth-order valence-corrected chi connectivity index (χ4v) is 1.78. The maximum Gasteiger partial charge on any atom is 0.151 e. The first-order chi connectivity index (χ1) is 7.31. The normalized spacial score (nSPS) is 18.5. The number of Topliss-reactive ketones (excluding diaryl/α,β-unsaturated/α-hetero) is 1. The molecule has 15 heavy (non-hydrogen) atoms. The molecule has 0 fully saturated rings. The zero-order valence-electron chi connectivity index (χ0n) is 8.40. The molecule has 0 saturated carbocycles. The van der Waals surface area contributed by atoms with Crippen LogP contribution in [0.15, 0.2) is 24.3 Å². The maximum absolute atomic E-state index is 11.6. The van der Waals surface area contributed by atoms with Crippen molar-refractivity contribution in [1.29, 1.82) is 0 Å². The van der Waals surface area contributed by atoms with Crippen molar-refractivity contribution >= 4 is 5.78 Å². The molecule has 2 rings (SSSR count). The van der Waals surface area contributed by atoms with Crippen LogP contribution >= 0.6 is 0 Å². The zero-order chi connectivity index (χ0) is 10.7. The van der Waals surface area contributed by atoms with E-state index in [-0.39, 0.29) is 18.1 Å². The van der Waals surface area contributed by atoms with Crippen LogP contribution in [0.3, 0.4) is 0 Å². The summed E-state index contributed by atoms with van der Waals surface area (Å²) >= 11 is 0. The summed E-state index contributed by atoms with van der Waals surface area (Å²) < 4.78 is 5.51. The summed E-state index contributed by atoms with van der Waals surface area (Å²) in [5.74, 6) is 3.31. The number of fused-ring (bicyclic) bond motifs is 1. The summed E-state index contributed by atoms with van der Waals surface area (Å²) in [6.45, 7) is 0.456. The molecule has 0 aliphatic carbocycles. The van der Waals surface area contributed by atoms with Crippen LogP contribution < -0.4 is 4.74 Å². The summed E-state index contributed by atoms with van der Waals surface area (Å²) in [5, 5.41) is 0. The van der Waals surface area contributed by atoms with Gasteiger partial charge in [0, 0.05) is 0 Å². The van der Waals surface area contributed by atoms with E-state index in [4.69, 9.17) is 11.2 Å². The maximum atomic E-state index is 11.6. The summed E-state index contributed by atoms with van der Waals surface area (Å²) in [7, 11) is 0. The number of carbonyl (C=O) groups excluding carboxylic acids is 1. The summed E-state index contributed by atoms with van der Waals surface area (Å²) in [6, 6.07) is 7.81. The molecule has 1 aliphatic rings. The molecule has 1 heterocycles. The number of ketones is 1. The lowest BCUT2D eigenvalue weighted by atomic mass is 9.92. The predicted octanol–water partition coefficient (Wildman–Crippen LogP) is 1.83. The van der Waals surface area contributed by atoms with E-state index in [0.717, 1.165) is 17.7 Å². The first-order valence-corrected chi connectivity index (χ1v) is 4.98. The lowest BCUT2D eigenvalue weighted by molar-refractivity contribution is -0.123. The Morgan fingerprint density at radius 1 is 1.53 bits per heavy atom. The van der Waals surface area contributed by atoms with Gasteiger partial charge in [0.25, 0.3) is 0 Å². The van der Waals surface area contributed by atoms with Gasteiger partial charge in [0.05, 0.1) is 18.9 Å². The lowest BCUT2D eigenvalue weighted by Gasteiger charge is -2.23. The van der Waals surface area contributed by atoms with Crippen molar-refractivity contribution in [2.45, 2.75) is 12.8 Å². The third kappa shape index (κ3) is 2.02. The molecule has 1 aromatic rings. The van der Waals surface area contributed by atoms with Gasteiger partial charge in [0.2, 0.25) is 0 Å². The van der Waals surface area contributed by atoms with E-state index in [9.17, 15) is 4.79 Å². The van der Waals surface area contributed by atoms with Gasteiger partial charge in [0.1, 0.15) is 5.75 Å². The van der Waals surface area contributed by atoms with Crippen LogP contribution in [0.1, 0.15) is 12.0 Å². The second-order valence-electron chi connectivity index (χ2n) is 3.67. The van der Waals surface area contributed by atoms with E-state index in [1.165, 1.54) is 0 Å². The van der Waals surface area contributed by atoms with Crippen LogP contribution in [0.5, 0.6) is 5.75 Å². The van der Waals surface area contributed by atoms with Crippen molar-refractivity contribution in [2.24, 2.45) is 5.92 Å². The van der Waals surface area contributed by atoms with E-state index < -0.39 is 0 Å². The molecule has 2 nitrogen and oxygen atoms in total. The van der Waals surface area contributed by atoms with Crippen molar-refractivity contribution in [3.05, 3.63) is 29.8 Å². The van der Waals surface area contributed by atoms with Crippen LogP contribution in [0.25, 0.3) is 0 Å². The zero-order valence-corrected chi connectivity index (χ0v) is 8.40. The van der Waals surface area contributed by atoms with E-state index in [1.807, 2.05) is 24.3 Å². The number of ether oxygens (including phenoxy) is 1. The third-order valence-corrected chi connectivity index (χ3v) is 2.61. The van der Waals surface area contributed by atoms with Crippen LogP contribution in [-0.4, -0.2) is 12.4 Å². The summed E-state index contributed by atoms with van der Waals surface area (Å²) in [4.78, 5) is 11.6. The Kier molecular flexibility index (Phi) is 2.73. The third-order valence-electron chi connectivity index (χ3n) is 2.61. The van der Waals surface area contributed by atoms with E-state index in [2.05, 4.69) is 5.92 Å². The number of para-hydroxylation sites is 1. The van der Waals surface area contributed by atoms with Crippen LogP contribution in [0, 0.1) is 18.3 Å². The molecule has 76 valence electrons. The van der Waals surface area contributed by atoms with Crippen molar-refractivity contribution in [1.82, 2.24) is 0 Å². The molecule has 0 bridgehead atoms. The molecule has 2 heteroatoms. The number of carbonyl (C=O) groups is 1. The molecule has 0 radical (unpaired) electrons. The molecule has 0 amide bonds. The Morgan fingerprint density at radius 3 is 3.13 bits per heavy atom. The SMILES string of the molecule is C#CCC(=O)C1COc2ccccc2C1. The second kappa shape index (κ2) is 4.18. The molecular formula is C13H12O2. The second-order valence-corrected chi connectivity index (χ2v) is 3.67. The van der Waals surface area contributed by atoms with Crippen LogP contribution in [-0.2, 0) is 11.2 Å². The first-order valence-electron chi connectivity index (χ1n) is 4.98. The molecule has 0 spiro atoms. The van der Waals surface area contributed by atoms with Crippen molar-refractivity contribution in [2.75, 3.05) is 6.61 Å². The monoisotopic (exact) mass is 200 g/mol. The standard InChI is InChI=1S/C13H12O2/c1-2-5-12(14)11-8-10-6-3-4-7-13(10)15-9-11/h1,3-4,6-7,11H,5,8-9H2. The highest BCUT2D eigenvalue weighted by Gasteiger charge is 2.24. The van der Waals surface area contributed by atoms with Gasteiger partial charge >= 0.3 is 0 Å². The molecular weight excluding hydrogens is 188 g/mol. The average Bonchev–Trinajstić information content (AvgIpc) is 2.29. The van der Waals surface area contributed by atoms with Crippen LogP contribution in [0.2, 0.25) is 0 Å². The van der Waals surface area contributed by atoms with Gasteiger partial charge in [-0.1, -0.05) is 24.1 Å². The summed E-state index contributed by atoms with van der Waals surface area (Å²) in [5.41, 5.74) is 1.10. The molecule has 1 unspecified atom stereocenters. The van der Waals surface area contributed by atoms with Gasteiger partial charge in [0.15, 0.2) is 5.78 Å².